The monoisotopic (exact) mass is 636 g/mol. The molecule has 1 aliphatic carbocycles. The Morgan fingerprint density at radius 1 is 1.17 bits per heavy atom. The van der Waals surface area contributed by atoms with Crippen LogP contribution in [0.4, 0.5) is 18.9 Å². The molecule has 2 unspecified atom stereocenters. The fourth-order valence-corrected chi connectivity index (χ4v) is 6.51. The lowest BCUT2D eigenvalue weighted by molar-refractivity contribution is -0.137. The number of rotatable bonds is 9. The molecule has 2 atom stereocenters. The molecule has 1 aliphatic heterocycles. The van der Waals surface area contributed by atoms with Crippen molar-refractivity contribution in [2.75, 3.05) is 23.9 Å². The molecule has 2 fully saturated rings. The molecule has 0 spiro atoms. The molecule has 14 heteroatoms. The molecule has 8 nitrogen and oxygen atoms in total. The van der Waals surface area contributed by atoms with Crippen molar-refractivity contribution in [3.05, 3.63) is 58.1 Å². The number of carbonyl (C=O) groups excluding carboxylic acids is 2. The van der Waals surface area contributed by atoms with Crippen LogP contribution in [0.15, 0.2) is 47.4 Å². The summed E-state index contributed by atoms with van der Waals surface area (Å²) in [6.07, 6.45) is -0.334. The van der Waals surface area contributed by atoms with Gasteiger partial charge in [-0.3, -0.25) is 13.9 Å². The molecule has 1 heterocycles. The van der Waals surface area contributed by atoms with E-state index in [1.165, 1.54) is 42.0 Å². The number of piperidine rings is 1. The maximum atomic E-state index is 13.9. The largest absolute Gasteiger partial charge is 0.416 e. The lowest BCUT2D eigenvalue weighted by atomic mass is 9.97. The van der Waals surface area contributed by atoms with E-state index in [-0.39, 0.29) is 33.8 Å². The first-order valence-corrected chi connectivity index (χ1v) is 15.4. The molecule has 1 saturated heterocycles. The summed E-state index contributed by atoms with van der Waals surface area (Å²) in [6, 6.07) is 6.64. The van der Waals surface area contributed by atoms with E-state index in [1.807, 2.05) is 0 Å². The summed E-state index contributed by atoms with van der Waals surface area (Å²) in [4.78, 5) is 25.7. The van der Waals surface area contributed by atoms with Crippen LogP contribution in [0.2, 0.25) is 10.0 Å². The van der Waals surface area contributed by atoms with Gasteiger partial charge in [0.2, 0.25) is 12.3 Å². The van der Waals surface area contributed by atoms with Crippen LogP contribution in [0.5, 0.6) is 0 Å². The first-order chi connectivity index (χ1) is 19.3. The zero-order valence-corrected chi connectivity index (χ0v) is 24.7. The minimum absolute atomic E-state index is 0.0357. The summed E-state index contributed by atoms with van der Waals surface area (Å²) in [6.45, 7) is 2.53. The molecule has 0 aromatic heterocycles. The fourth-order valence-electron chi connectivity index (χ4n) is 4.44. The van der Waals surface area contributed by atoms with Crippen LogP contribution in [-0.2, 0) is 25.8 Å². The van der Waals surface area contributed by atoms with Crippen molar-refractivity contribution >= 4 is 51.2 Å². The number of anilines is 1. The van der Waals surface area contributed by atoms with Gasteiger partial charge in [0, 0.05) is 30.7 Å². The van der Waals surface area contributed by atoms with Gasteiger partial charge in [0.15, 0.2) is 0 Å². The van der Waals surface area contributed by atoms with Gasteiger partial charge in [0.1, 0.15) is 6.04 Å². The SMILES string of the molecule is CCC(C(=O)N1CCCC(CNC=O)C1)N(c1cc(C(F)(F)F)ccc1Cl)S(=O)(=O)c1ccc(Cl)cc1.NC1CC1. The summed E-state index contributed by atoms with van der Waals surface area (Å²) < 4.78 is 69.1. The van der Waals surface area contributed by atoms with Crippen LogP contribution in [0, 0.1) is 5.92 Å². The van der Waals surface area contributed by atoms with Gasteiger partial charge in [0.25, 0.3) is 10.0 Å². The summed E-state index contributed by atoms with van der Waals surface area (Å²) in [7, 11) is -4.56. The number of nitrogens with two attached hydrogens (primary N) is 1. The molecule has 0 radical (unpaired) electrons. The zero-order valence-electron chi connectivity index (χ0n) is 22.4. The number of nitrogens with one attached hydrogen (secondary N) is 1. The van der Waals surface area contributed by atoms with E-state index in [4.69, 9.17) is 28.9 Å². The van der Waals surface area contributed by atoms with Crippen LogP contribution in [0.3, 0.4) is 0 Å². The number of likely N-dealkylation sites (tertiary alicyclic amines) is 1. The Hall–Kier alpha value is -2.54. The zero-order chi connectivity index (χ0) is 30.4. The van der Waals surface area contributed by atoms with Crippen LogP contribution in [-0.4, -0.2) is 57.4 Å². The number of benzene rings is 2. The second-order valence-corrected chi connectivity index (χ2v) is 12.7. The third-order valence-corrected chi connectivity index (χ3v) is 9.19. The van der Waals surface area contributed by atoms with E-state index < -0.39 is 39.4 Å². The Labute approximate surface area is 248 Å². The average Bonchev–Trinajstić information content (AvgIpc) is 3.72. The minimum Gasteiger partial charge on any atom is -0.358 e. The number of alkyl halides is 3. The Balaban J connectivity index is 0.00000106. The predicted octanol–water partition coefficient (Wildman–Crippen LogP) is 5.08. The second-order valence-electron chi connectivity index (χ2n) is 10.00. The van der Waals surface area contributed by atoms with E-state index in [0.29, 0.717) is 42.3 Å². The maximum Gasteiger partial charge on any atom is 0.416 e. The van der Waals surface area contributed by atoms with Gasteiger partial charge in [-0.15, -0.1) is 0 Å². The van der Waals surface area contributed by atoms with Gasteiger partial charge in [0.05, 0.1) is 21.2 Å². The summed E-state index contributed by atoms with van der Waals surface area (Å²) >= 11 is 12.2. The average molecular weight is 638 g/mol. The highest BCUT2D eigenvalue weighted by atomic mass is 35.5. The third kappa shape index (κ3) is 8.73. The molecular formula is C27H33Cl2F3N4O4S. The highest BCUT2D eigenvalue weighted by Gasteiger charge is 2.41. The molecule has 226 valence electrons. The van der Waals surface area contributed by atoms with Gasteiger partial charge in [-0.25, -0.2) is 8.42 Å². The highest BCUT2D eigenvalue weighted by molar-refractivity contribution is 7.93. The summed E-state index contributed by atoms with van der Waals surface area (Å²) in [5.74, 6) is -0.608. The van der Waals surface area contributed by atoms with Crippen molar-refractivity contribution in [1.82, 2.24) is 10.2 Å². The normalized spacial score (nSPS) is 18.1. The van der Waals surface area contributed by atoms with Gasteiger partial charge in [-0.2, -0.15) is 13.2 Å². The predicted molar refractivity (Wildman–Crippen MR) is 152 cm³/mol. The van der Waals surface area contributed by atoms with Crippen molar-refractivity contribution in [3.8, 4) is 0 Å². The molecule has 0 bridgehead atoms. The molecule has 2 amide bonds. The molecule has 3 N–H and O–H groups in total. The fraction of sp³-hybridized carbons (Fsp3) is 0.481. The van der Waals surface area contributed by atoms with E-state index in [2.05, 4.69) is 5.32 Å². The Kier molecular flexibility index (Phi) is 11.3. The van der Waals surface area contributed by atoms with Crippen LogP contribution >= 0.6 is 23.2 Å². The Bertz CT molecular complexity index is 1310. The first-order valence-electron chi connectivity index (χ1n) is 13.2. The van der Waals surface area contributed by atoms with E-state index in [0.717, 1.165) is 18.6 Å². The molecule has 4 rings (SSSR count). The molecule has 1 saturated carbocycles. The molecule has 2 aromatic rings. The maximum absolute atomic E-state index is 13.9. The van der Waals surface area contributed by atoms with Gasteiger partial charge < -0.3 is 16.0 Å². The number of hydrogen-bond acceptors (Lipinski definition) is 5. The number of hydrogen-bond donors (Lipinski definition) is 2. The van der Waals surface area contributed by atoms with Crippen LogP contribution < -0.4 is 15.4 Å². The minimum atomic E-state index is -4.77. The van der Waals surface area contributed by atoms with E-state index in [9.17, 15) is 31.2 Å². The first kappa shape index (κ1) is 33.0. The molecular weight excluding hydrogens is 604 g/mol. The van der Waals surface area contributed by atoms with Gasteiger partial charge in [-0.1, -0.05) is 30.1 Å². The second kappa shape index (κ2) is 14.1. The van der Waals surface area contributed by atoms with E-state index in [1.54, 1.807) is 6.92 Å². The molecule has 41 heavy (non-hydrogen) atoms. The number of carbonyl (C=O) groups is 2. The topological polar surface area (TPSA) is 113 Å². The van der Waals surface area contributed by atoms with Crippen molar-refractivity contribution in [3.63, 3.8) is 0 Å². The quantitative estimate of drug-likeness (QED) is 0.373. The van der Waals surface area contributed by atoms with E-state index >= 15 is 0 Å². The lowest BCUT2D eigenvalue weighted by Gasteiger charge is -2.38. The van der Waals surface area contributed by atoms with Gasteiger partial charge in [-0.05, 0) is 80.5 Å². The Morgan fingerprint density at radius 2 is 1.80 bits per heavy atom. The van der Waals surface area contributed by atoms with Crippen molar-refractivity contribution < 1.29 is 31.2 Å². The number of sulfonamides is 1. The summed E-state index contributed by atoms with van der Waals surface area (Å²) in [5, 5.41) is 2.59. The summed E-state index contributed by atoms with van der Waals surface area (Å²) in [5.41, 5.74) is 3.66. The number of amides is 2. The highest BCUT2D eigenvalue weighted by Crippen LogP contribution is 2.39. The van der Waals surface area contributed by atoms with Crippen molar-refractivity contribution in [1.29, 1.82) is 0 Å². The number of halogens is 5. The smallest absolute Gasteiger partial charge is 0.358 e. The van der Waals surface area contributed by atoms with Gasteiger partial charge >= 0.3 is 6.18 Å². The van der Waals surface area contributed by atoms with Crippen molar-refractivity contribution in [2.45, 2.75) is 62.2 Å². The lowest BCUT2D eigenvalue weighted by Crippen LogP contribution is -2.53. The third-order valence-electron chi connectivity index (χ3n) is 6.78. The molecule has 2 aliphatic rings. The standard InChI is InChI=1S/C24H26Cl2F3N3O4S.C3H7N/c1-2-21(23(34)31-11-3-4-16(14-31)13-30-15-33)32(37(35,36)19-8-6-18(25)7-9-19)22-12-17(24(27,28)29)5-10-20(22)26;4-3-1-2-3/h5-10,12,15-16,21H,2-4,11,13-14H2,1H3,(H,30,33);3H,1-2,4H2. The van der Waals surface area contributed by atoms with Crippen LogP contribution in [0.25, 0.3) is 0 Å². The number of nitrogens with zero attached hydrogens (tertiary/aromatic N) is 2. The Morgan fingerprint density at radius 3 is 2.34 bits per heavy atom. The van der Waals surface area contributed by atoms with Crippen molar-refractivity contribution in [2.24, 2.45) is 11.7 Å². The van der Waals surface area contributed by atoms with Crippen LogP contribution in [0.1, 0.15) is 44.6 Å². The molecule has 2 aromatic carbocycles.